The summed E-state index contributed by atoms with van der Waals surface area (Å²) in [4.78, 5) is 5.43. The summed E-state index contributed by atoms with van der Waals surface area (Å²) >= 11 is 6.74. The zero-order valence-electron chi connectivity index (χ0n) is 29.4. The van der Waals surface area contributed by atoms with Gasteiger partial charge in [-0.2, -0.15) is 13.1 Å². The Labute approximate surface area is 318 Å². The van der Waals surface area contributed by atoms with Gasteiger partial charge in [0.2, 0.25) is 0 Å². The molecule has 0 aliphatic heterocycles. The summed E-state index contributed by atoms with van der Waals surface area (Å²) in [6.45, 7) is 4.57. The highest BCUT2D eigenvalue weighted by atomic mass is 32.1. The van der Waals surface area contributed by atoms with Gasteiger partial charge in [0.1, 0.15) is 11.0 Å². The van der Waals surface area contributed by atoms with E-state index in [9.17, 15) is 0 Å². The topological polar surface area (TPSA) is 38.7 Å². The smallest absolute Gasteiger partial charge is 0.113 e. The number of hydrogen-bond acceptors (Lipinski definition) is 7. The third-order valence-corrected chi connectivity index (χ3v) is 13.8. The number of nitrogens with zero attached hydrogens (tertiary/aromatic N) is 3. The minimum Gasteiger partial charge on any atom is -0.192 e. The lowest BCUT2D eigenvalue weighted by Crippen LogP contribution is -1.90. The van der Waals surface area contributed by atoms with Crippen molar-refractivity contribution < 1.29 is 0 Å². The normalized spacial score (nSPS) is 14.4. The van der Waals surface area contributed by atoms with Crippen LogP contribution in [0.5, 0.6) is 0 Å². The molecule has 4 heterocycles. The second-order valence-electron chi connectivity index (χ2n) is 13.7. The molecule has 0 atom stereocenters. The van der Waals surface area contributed by atoms with E-state index in [1.807, 2.05) is 22.7 Å². The summed E-state index contributed by atoms with van der Waals surface area (Å²) in [5, 5.41) is 3.41. The maximum atomic E-state index is 4.84. The van der Waals surface area contributed by atoms with Gasteiger partial charge in [-0.05, 0) is 95.3 Å². The molecule has 7 heteroatoms. The highest BCUT2D eigenvalue weighted by Crippen LogP contribution is 2.46. The Balaban J connectivity index is 1.13. The number of hydrogen-bond donors (Lipinski definition) is 0. The molecule has 0 saturated carbocycles. The van der Waals surface area contributed by atoms with Crippen LogP contribution >= 0.6 is 45.9 Å². The summed E-state index contributed by atoms with van der Waals surface area (Å²) in [7, 11) is 0. The van der Waals surface area contributed by atoms with Crippen LogP contribution in [0.15, 0.2) is 102 Å². The Morgan fingerprint density at radius 3 is 2.16 bits per heavy atom. The Hall–Kier alpha value is -3.75. The average molecular weight is 742 g/mol. The highest BCUT2D eigenvalue weighted by molar-refractivity contribution is 7.17. The lowest BCUT2D eigenvalue weighted by atomic mass is 9.95. The van der Waals surface area contributed by atoms with Crippen LogP contribution in [0.25, 0.3) is 54.0 Å². The van der Waals surface area contributed by atoms with Gasteiger partial charge in [0.15, 0.2) is 0 Å². The second-order valence-corrected chi connectivity index (χ2v) is 16.9. The molecule has 51 heavy (non-hydrogen) atoms. The molecule has 3 nitrogen and oxygen atoms in total. The quantitative estimate of drug-likeness (QED) is 0.104. The molecule has 258 valence electrons. The van der Waals surface area contributed by atoms with Crippen LogP contribution < -0.4 is 0 Å². The van der Waals surface area contributed by atoms with E-state index in [-0.39, 0.29) is 0 Å². The van der Waals surface area contributed by atoms with Gasteiger partial charge in [0.05, 0.1) is 17.2 Å². The van der Waals surface area contributed by atoms with E-state index in [1.165, 1.54) is 133 Å². The fraction of sp³-hybridized carbons (Fsp3) is 0.295. The lowest BCUT2D eigenvalue weighted by molar-refractivity contribution is 0.668. The van der Waals surface area contributed by atoms with Crippen molar-refractivity contribution in [2.24, 2.45) is 0 Å². The molecule has 2 aliphatic carbocycles. The maximum Gasteiger partial charge on any atom is 0.113 e. The number of unbranched alkanes of at least 4 members (excludes halogenated alkanes) is 6. The van der Waals surface area contributed by atoms with E-state index in [4.69, 9.17) is 8.75 Å². The minimum absolute atomic E-state index is 0.913. The zero-order chi connectivity index (χ0) is 34.6. The number of aromatic nitrogens is 3. The molecule has 6 aromatic rings. The molecule has 0 saturated heterocycles. The van der Waals surface area contributed by atoms with E-state index in [2.05, 4.69) is 109 Å². The third-order valence-electron chi connectivity index (χ3n) is 10.1. The molecule has 2 bridgehead atoms. The molecule has 0 radical (unpaired) electrons. The molecule has 0 spiro atoms. The Morgan fingerprint density at radius 2 is 1.37 bits per heavy atom. The molecule has 2 aromatic carbocycles. The van der Waals surface area contributed by atoms with Crippen LogP contribution in [0.2, 0.25) is 0 Å². The number of aryl methyl sites for hydroxylation is 2. The standard InChI is InChI=1S/C44H43N3S4/c1-3-5-7-9-15-31-26-39(49-43(31)36-22-13-19-33-28-48-46-41(33)36)34-20-11-18-30-25-29(34)17-12-21-35(30)40-27-32(16-10-8-6-4-2)44(50-40)37-23-14-24-38-42(37)47-51-45-38/h11-14,17-24,26-28H,3-10,15-16,25H2,1-2H3. The maximum absolute atomic E-state index is 4.84. The second kappa shape index (κ2) is 15.9. The first-order chi connectivity index (χ1) is 25.2. The summed E-state index contributed by atoms with van der Waals surface area (Å²) < 4.78 is 14.1. The fourth-order valence-electron chi connectivity index (χ4n) is 7.41. The number of allylic oxidation sites excluding steroid dienone is 10. The zero-order valence-corrected chi connectivity index (χ0v) is 32.7. The summed E-state index contributed by atoms with van der Waals surface area (Å²) in [5.41, 5.74) is 14.0. The van der Waals surface area contributed by atoms with Gasteiger partial charge in [0.25, 0.3) is 0 Å². The molecule has 0 amide bonds. The van der Waals surface area contributed by atoms with E-state index >= 15 is 0 Å². The number of thiophene rings is 2. The molecule has 8 rings (SSSR count). The van der Waals surface area contributed by atoms with Gasteiger partial charge in [-0.1, -0.05) is 119 Å². The van der Waals surface area contributed by atoms with Gasteiger partial charge in [-0.15, -0.1) is 22.7 Å². The van der Waals surface area contributed by atoms with E-state index < -0.39 is 0 Å². The summed E-state index contributed by atoms with van der Waals surface area (Å²) in [5.74, 6) is 0. The van der Waals surface area contributed by atoms with Crippen molar-refractivity contribution in [3.63, 3.8) is 0 Å². The van der Waals surface area contributed by atoms with E-state index in [0.29, 0.717) is 0 Å². The van der Waals surface area contributed by atoms with Crippen LogP contribution in [0.4, 0.5) is 0 Å². The predicted molar refractivity (Wildman–Crippen MR) is 225 cm³/mol. The van der Waals surface area contributed by atoms with Gasteiger partial charge >= 0.3 is 0 Å². The molecule has 2 aliphatic rings. The summed E-state index contributed by atoms with van der Waals surface area (Å²) in [6, 6.07) is 18.1. The predicted octanol–water partition coefficient (Wildman–Crippen LogP) is 14.3. The molecule has 0 N–H and O–H groups in total. The third kappa shape index (κ3) is 7.19. The van der Waals surface area contributed by atoms with E-state index in [0.717, 1.165) is 35.8 Å². The lowest BCUT2D eigenvalue weighted by Gasteiger charge is -2.10. The van der Waals surface area contributed by atoms with Crippen LogP contribution in [0.3, 0.4) is 0 Å². The first-order valence-corrected chi connectivity index (χ1v) is 21.7. The number of rotatable bonds is 14. The van der Waals surface area contributed by atoms with Crippen LogP contribution in [-0.2, 0) is 12.8 Å². The van der Waals surface area contributed by atoms with E-state index in [1.54, 1.807) is 11.5 Å². The number of benzene rings is 2. The van der Waals surface area contributed by atoms with Crippen molar-refractivity contribution in [3.05, 3.63) is 122 Å². The largest absolute Gasteiger partial charge is 0.192 e. The van der Waals surface area contributed by atoms with Gasteiger partial charge in [0, 0.05) is 41.4 Å². The van der Waals surface area contributed by atoms with Crippen molar-refractivity contribution >= 4 is 79.0 Å². The van der Waals surface area contributed by atoms with Crippen LogP contribution in [-0.4, -0.2) is 13.1 Å². The average Bonchev–Trinajstić information content (AvgIpc) is 3.95. The van der Waals surface area contributed by atoms with Gasteiger partial charge in [-0.3, -0.25) is 0 Å². The minimum atomic E-state index is 0.913. The van der Waals surface area contributed by atoms with Crippen molar-refractivity contribution in [2.75, 3.05) is 0 Å². The summed E-state index contributed by atoms with van der Waals surface area (Å²) in [6.07, 6.45) is 27.2. The van der Waals surface area contributed by atoms with Crippen LogP contribution in [0.1, 0.15) is 92.5 Å². The fourth-order valence-corrected chi connectivity index (χ4v) is 11.2. The first-order valence-electron chi connectivity index (χ1n) is 18.5. The van der Waals surface area contributed by atoms with Crippen molar-refractivity contribution in [2.45, 2.75) is 84.5 Å². The molecular formula is C44H43N3S4. The SMILES string of the molecule is CCCCCCc1cc(C2=CC=CC3=C(c4cc(CCCCCC)c(-c5cccc6nsnc56)s4)C=CC=C2C3)sc1-c1cccc2csnc12. The number of fused-ring (bicyclic) bond motifs is 4. The molecule has 0 fully saturated rings. The van der Waals surface area contributed by atoms with Gasteiger partial charge in [-0.25, -0.2) is 0 Å². The molecule has 0 unspecified atom stereocenters. The highest BCUT2D eigenvalue weighted by Gasteiger charge is 2.23. The molecular weight excluding hydrogens is 699 g/mol. The Morgan fingerprint density at radius 1 is 0.667 bits per heavy atom. The van der Waals surface area contributed by atoms with Crippen molar-refractivity contribution in [1.82, 2.24) is 13.1 Å². The Bertz CT molecular complexity index is 2330. The molecule has 4 aromatic heterocycles. The first kappa shape index (κ1) is 34.3. The monoisotopic (exact) mass is 741 g/mol. The van der Waals surface area contributed by atoms with Crippen molar-refractivity contribution in [3.8, 4) is 20.9 Å². The van der Waals surface area contributed by atoms with Gasteiger partial charge < -0.3 is 0 Å². The van der Waals surface area contributed by atoms with Crippen molar-refractivity contribution in [1.29, 1.82) is 0 Å². The Kier molecular flexibility index (Phi) is 10.7. The van der Waals surface area contributed by atoms with Crippen LogP contribution in [0, 0.1) is 0 Å².